The van der Waals surface area contributed by atoms with E-state index in [0.717, 1.165) is 19.3 Å². The van der Waals surface area contributed by atoms with Gasteiger partial charge in [-0.2, -0.15) is 0 Å². The van der Waals surface area contributed by atoms with Crippen LogP contribution in [-0.4, -0.2) is 30.7 Å². The Morgan fingerprint density at radius 1 is 1.44 bits per heavy atom. The Hall–Kier alpha value is -0.610. The van der Waals surface area contributed by atoms with E-state index in [0.29, 0.717) is 31.3 Å². The lowest BCUT2D eigenvalue weighted by atomic mass is 10.0. The summed E-state index contributed by atoms with van der Waals surface area (Å²) >= 11 is 0. The van der Waals surface area contributed by atoms with Crippen molar-refractivity contribution in [2.75, 3.05) is 19.7 Å². The number of hydrogen-bond acceptors (Lipinski definition) is 3. The lowest BCUT2D eigenvalue weighted by Gasteiger charge is -2.14. The second kappa shape index (κ2) is 9.60. The Morgan fingerprint density at radius 3 is 2.62 bits per heavy atom. The zero-order valence-electron chi connectivity index (χ0n) is 10.5. The van der Waals surface area contributed by atoms with E-state index in [9.17, 15) is 4.79 Å². The van der Waals surface area contributed by atoms with Crippen molar-refractivity contribution in [2.45, 2.75) is 39.5 Å². The molecule has 0 spiro atoms. The van der Waals surface area contributed by atoms with Crippen molar-refractivity contribution in [1.82, 2.24) is 5.32 Å². The Labute approximate surface area is 98.6 Å². The topological polar surface area (TPSA) is 75.3 Å². The van der Waals surface area contributed by atoms with E-state index in [1.54, 1.807) is 0 Å². The van der Waals surface area contributed by atoms with Crippen LogP contribution in [0.15, 0.2) is 0 Å². The smallest absolute Gasteiger partial charge is 0.220 e. The molecule has 0 saturated carbocycles. The summed E-state index contributed by atoms with van der Waals surface area (Å²) in [4.78, 5) is 11.5. The van der Waals surface area contributed by atoms with E-state index >= 15 is 0 Å². The lowest BCUT2D eigenvalue weighted by Crippen LogP contribution is -2.30. The second-order valence-electron chi connectivity index (χ2n) is 4.47. The third-order valence-electron chi connectivity index (χ3n) is 2.97. The normalized spacial score (nSPS) is 14.5. The maximum absolute atomic E-state index is 11.5. The van der Waals surface area contributed by atoms with Gasteiger partial charge in [0.25, 0.3) is 0 Å². The molecular formula is C12H26N2O2. The molecule has 4 N–H and O–H groups in total. The van der Waals surface area contributed by atoms with E-state index < -0.39 is 0 Å². The molecule has 0 aliphatic rings. The van der Waals surface area contributed by atoms with Gasteiger partial charge in [-0.3, -0.25) is 4.79 Å². The molecular weight excluding hydrogens is 204 g/mol. The average Bonchev–Trinajstić information content (AvgIpc) is 2.31. The third-order valence-corrected chi connectivity index (χ3v) is 2.97. The van der Waals surface area contributed by atoms with E-state index in [-0.39, 0.29) is 12.5 Å². The minimum absolute atomic E-state index is 0.0942. The first kappa shape index (κ1) is 15.4. The lowest BCUT2D eigenvalue weighted by molar-refractivity contribution is -0.121. The van der Waals surface area contributed by atoms with Crippen molar-refractivity contribution in [2.24, 2.45) is 17.6 Å². The van der Waals surface area contributed by atoms with Crippen molar-refractivity contribution in [3.05, 3.63) is 0 Å². The Kier molecular flexibility index (Phi) is 9.24. The summed E-state index contributed by atoms with van der Waals surface area (Å²) in [6.07, 6.45) is 3.14. The van der Waals surface area contributed by atoms with Gasteiger partial charge in [-0.15, -0.1) is 0 Å². The van der Waals surface area contributed by atoms with Crippen LogP contribution in [0.5, 0.6) is 0 Å². The van der Waals surface area contributed by atoms with Crippen LogP contribution in [0.25, 0.3) is 0 Å². The van der Waals surface area contributed by atoms with Crippen LogP contribution < -0.4 is 11.1 Å². The fourth-order valence-electron chi connectivity index (χ4n) is 1.48. The van der Waals surface area contributed by atoms with Gasteiger partial charge in [0.1, 0.15) is 0 Å². The first-order valence-electron chi connectivity index (χ1n) is 6.21. The Balaban J connectivity index is 3.62. The molecule has 0 radical (unpaired) electrons. The van der Waals surface area contributed by atoms with Crippen molar-refractivity contribution < 1.29 is 9.90 Å². The number of carbonyl (C=O) groups excluding carboxylic acids is 1. The van der Waals surface area contributed by atoms with Crippen LogP contribution in [0.1, 0.15) is 39.5 Å². The van der Waals surface area contributed by atoms with Gasteiger partial charge in [0, 0.05) is 19.6 Å². The number of aliphatic hydroxyl groups excluding tert-OH is 1. The van der Waals surface area contributed by atoms with Crippen LogP contribution >= 0.6 is 0 Å². The van der Waals surface area contributed by atoms with Crippen LogP contribution in [0.2, 0.25) is 0 Å². The fourth-order valence-corrected chi connectivity index (χ4v) is 1.48. The van der Waals surface area contributed by atoms with Crippen LogP contribution in [0.3, 0.4) is 0 Å². The summed E-state index contributed by atoms with van der Waals surface area (Å²) in [6.45, 7) is 5.62. The summed E-state index contributed by atoms with van der Waals surface area (Å²) in [5.74, 6) is 0.891. The van der Waals surface area contributed by atoms with Gasteiger partial charge < -0.3 is 16.2 Å². The molecule has 0 rings (SSSR count). The fraction of sp³-hybridized carbons (Fsp3) is 0.917. The molecule has 96 valence electrons. The highest BCUT2D eigenvalue weighted by atomic mass is 16.3. The molecule has 0 saturated heterocycles. The van der Waals surface area contributed by atoms with E-state index in [1.807, 2.05) is 6.92 Å². The SMILES string of the molecule is CCC(CCO)CNC(=O)CCC(C)CN. The van der Waals surface area contributed by atoms with E-state index in [1.165, 1.54) is 0 Å². The van der Waals surface area contributed by atoms with Crippen LogP contribution in [0, 0.1) is 11.8 Å². The number of carbonyl (C=O) groups is 1. The van der Waals surface area contributed by atoms with E-state index in [4.69, 9.17) is 10.8 Å². The molecule has 0 heterocycles. The molecule has 0 aromatic heterocycles. The van der Waals surface area contributed by atoms with E-state index in [2.05, 4.69) is 12.2 Å². The van der Waals surface area contributed by atoms with Crippen LogP contribution in [0.4, 0.5) is 0 Å². The maximum Gasteiger partial charge on any atom is 0.220 e. The second-order valence-corrected chi connectivity index (χ2v) is 4.47. The standard InChI is InChI=1S/C12H26N2O2/c1-3-11(6-7-15)9-14-12(16)5-4-10(2)8-13/h10-11,15H,3-9,13H2,1-2H3,(H,14,16). The van der Waals surface area contributed by atoms with Gasteiger partial charge in [-0.05, 0) is 31.2 Å². The molecule has 0 aliphatic heterocycles. The molecule has 4 nitrogen and oxygen atoms in total. The highest BCUT2D eigenvalue weighted by Crippen LogP contribution is 2.07. The highest BCUT2D eigenvalue weighted by Gasteiger charge is 2.09. The van der Waals surface area contributed by atoms with Crippen molar-refractivity contribution >= 4 is 5.91 Å². The molecule has 0 aromatic carbocycles. The quantitative estimate of drug-likeness (QED) is 0.550. The Morgan fingerprint density at radius 2 is 2.12 bits per heavy atom. The molecule has 16 heavy (non-hydrogen) atoms. The predicted octanol–water partition coefficient (Wildman–Crippen LogP) is 0.886. The zero-order valence-corrected chi connectivity index (χ0v) is 10.5. The summed E-state index contributed by atoms with van der Waals surface area (Å²) in [7, 11) is 0. The number of nitrogens with one attached hydrogen (secondary N) is 1. The van der Waals surface area contributed by atoms with Crippen molar-refractivity contribution in [3.8, 4) is 0 Å². The number of aliphatic hydroxyl groups is 1. The molecule has 0 fully saturated rings. The summed E-state index contributed by atoms with van der Waals surface area (Å²) in [6, 6.07) is 0. The third kappa shape index (κ3) is 7.65. The average molecular weight is 230 g/mol. The van der Waals surface area contributed by atoms with Crippen LogP contribution in [-0.2, 0) is 4.79 Å². The van der Waals surface area contributed by atoms with Gasteiger partial charge in [-0.25, -0.2) is 0 Å². The molecule has 2 unspecified atom stereocenters. The number of rotatable bonds is 9. The van der Waals surface area contributed by atoms with Crippen molar-refractivity contribution in [1.29, 1.82) is 0 Å². The molecule has 0 aromatic rings. The number of nitrogens with two attached hydrogens (primary N) is 1. The zero-order chi connectivity index (χ0) is 12.4. The summed E-state index contributed by atoms with van der Waals surface area (Å²) in [5, 5.41) is 11.7. The van der Waals surface area contributed by atoms with Gasteiger partial charge >= 0.3 is 0 Å². The van der Waals surface area contributed by atoms with Gasteiger partial charge in [-0.1, -0.05) is 20.3 Å². The summed E-state index contributed by atoms with van der Waals surface area (Å²) in [5.41, 5.74) is 5.48. The molecule has 4 heteroatoms. The van der Waals surface area contributed by atoms with Gasteiger partial charge in [0.2, 0.25) is 5.91 Å². The van der Waals surface area contributed by atoms with Crippen molar-refractivity contribution in [3.63, 3.8) is 0 Å². The molecule has 0 aliphatic carbocycles. The molecule has 0 bridgehead atoms. The molecule has 1 amide bonds. The molecule has 2 atom stereocenters. The minimum Gasteiger partial charge on any atom is -0.396 e. The van der Waals surface area contributed by atoms with Gasteiger partial charge in [0.05, 0.1) is 0 Å². The predicted molar refractivity (Wildman–Crippen MR) is 65.9 cm³/mol. The number of amides is 1. The largest absolute Gasteiger partial charge is 0.396 e. The number of hydrogen-bond donors (Lipinski definition) is 3. The Bertz CT molecular complexity index is 186. The maximum atomic E-state index is 11.5. The monoisotopic (exact) mass is 230 g/mol. The minimum atomic E-state index is 0.0942. The highest BCUT2D eigenvalue weighted by molar-refractivity contribution is 5.75. The first-order chi connectivity index (χ1) is 7.63. The summed E-state index contributed by atoms with van der Waals surface area (Å²) < 4.78 is 0. The first-order valence-corrected chi connectivity index (χ1v) is 6.21. The van der Waals surface area contributed by atoms with Gasteiger partial charge in [0.15, 0.2) is 0 Å².